The maximum atomic E-state index is 12.4. The molecule has 0 aliphatic rings. The number of ether oxygens (including phenoxy) is 1. The standard InChI is InChI=1S/C23H38N2O3/c1-6-8-9-10-14-24-22(27)19-12-13-21(18(15-19)11-7-2)28-17-20(26)16-25-23(3,4)5/h7,12-13,15,20,25-26H,2,6,8-11,14,16-17H2,1,3-5H3,(H,24,27). The average molecular weight is 391 g/mol. The Morgan fingerprint density at radius 1 is 1.29 bits per heavy atom. The van der Waals surface area contributed by atoms with E-state index in [1.807, 2.05) is 6.07 Å². The zero-order valence-electron chi connectivity index (χ0n) is 18.0. The number of amides is 1. The van der Waals surface area contributed by atoms with Crippen LogP contribution in [0.1, 0.15) is 69.3 Å². The number of rotatable bonds is 13. The highest BCUT2D eigenvalue weighted by Gasteiger charge is 2.14. The molecule has 0 saturated carbocycles. The topological polar surface area (TPSA) is 70.6 Å². The highest BCUT2D eigenvalue weighted by atomic mass is 16.5. The van der Waals surface area contributed by atoms with Crippen LogP contribution in [0.15, 0.2) is 30.9 Å². The minimum Gasteiger partial charge on any atom is -0.491 e. The van der Waals surface area contributed by atoms with Gasteiger partial charge in [-0.15, -0.1) is 6.58 Å². The first-order valence-electron chi connectivity index (χ1n) is 10.3. The number of carbonyl (C=O) groups excluding carboxylic acids is 1. The highest BCUT2D eigenvalue weighted by molar-refractivity contribution is 5.94. The quantitative estimate of drug-likeness (QED) is 0.353. The minimum absolute atomic E-state index is 0.0550. The van der Waals surface area contributed by atoms with Crippen LogP contribution in [0, 0.1) is 0 Å². The normalized spacial score (nSPS) is 12.5. The lowest BCUT2D eigenvalue weighted by atomic mass is 10.1. The predicted molar refractivity (Wildman–Crippen MR) is 116 cm³/mol. The Balaban J connectivity index is 2.63. The number of β-amino-alcohol motifs (C(OH)–C–C–N with tert-alkyl or cyclic N) is 1. The molecule has 1 atom stereocenters. The van der Waals surface area contributed by atoms with Gasteiger partial charge in [0.1, 0.15) is 18.5 Å². The van der Waals surface area contributed by atoms with Crippen molar-refractivity contribution in [3.05, 3.63) is 42.0 Å². The molecule has 1 unspecified atom stereocenters. The van der Waals surface area contributed by atoms with E-state index in [4.69, 9.17) is 4.74 Å². The summed E-state index contributed by atoms with van der Waals surface area (Å²) >= 11 is 0. The highest BCUT2D eigenvalue weighted by Crippen LogP contribution is 2.22. The molecule has 1 aromatic carbocycles. The van der Waals surface area contributed by atoms with Crippen LogP contribution in [0.3, 0.4) is 0 Å². The molecule has 1 amide bonds. The second-order valence-corrected chi connectivity index (χ2v) is 8.23. The van der Waals surface area contributed by atoms with Crippen molar-refractivity contribution in [3.8, 4) is 5.75 Å². The van der Waals surface area contributed by atoms with E-state index in [-0.39, 0.29) is 18.1 Å². The number of carbonyl (C=O) groups is 1. The summed E-state index contributed by atoms with van der Waals surface area (Å²) in [7, 11) is 0. The van der Waals surface area contributed by atoms with Crippen LogP contribution in [-0.2, 0) is 6.42 Å². The van der Waals surface area contributed by atoms with E-state index in [2.05, 4.69) is 44.9 Å². The van der Waals surface area contributed by atoms with Crippen molar-refractivity contribution in [1.82, 2.24) is 10.6 Å². The zero-order valence-corrected chi connectivity index (χ0v) is 18.0. The van der Waals surface area contributed by atoms with Crippen molar-refractivity contribution in [2.24, 2.45) is 0 Å². The summed E-state index contributed by atoms with van der Waals surface area (Å²) in [5.74, 6) is 0.608. The number of aliphatic hydroxyl groups is 1. The van der Waals surface area contributed by atoms with E-state index in [0.29, 0.717) is 30.8 Å². The predicted octanol–water partition coefficient (Wildman–Crippen LogP) is 3.85. The van der Waals surface area contributed by atoms with Crippen molar-refractivity contribution >= 4 is 5.91 Å². The van der Waals surface area contributed by atoms with Gasteiger partial charge in [0.2, 0.25) is 0 Å². The minimum atomic E-state index is -0.609. The van der Waals surface area contributed by atoms with E-state index in [1.165, 1.54) is 12.8 Å². The number of benzene rings is 1. The fourth-order valence-corrected chi connectivity index (χ4v) is 2.70. The summed E-state index contributed by atoms with van der Waals surface area (Å²) in [6.45, 7) is 13.5. The first kappa shape index (κ1) is 24.2. The number of hydrogen-bond acceptors (Lipinski definition) is 4. The molecule has 0 radical (unpaired) electrons. The van der Waals surface area contributed by atoms with Crippen LogP contribution in [0.4, 0.5) is 0 Å². The number of unbranched alkanes of at least 4 members (excludes halogenated alkanes) is 3. The molecule has 0 aliphatic carbocycles. The maximum absolute atomic E-state index is 12.4. The number of hydrogen-bond donors (Lipinski definition) is 3. The van der Waals surface area contributed by atoms with Gasteiger partial charge in [-0.2, -0.15) is 0 Å². The van der Waals surface area contributed by atoms with Crippen LogP contribution in [-0.4, -0.2) is 42.4 Å². The fraction of sp³-hybridized carbons (Fsp3) is 0.609. The average Bonchev–Trinajstić information content (AvgIpc) is 2.64. The van der Waals surface area contributed by atoms with Crippen molar-refractivity contribution in [1.29, 1.82) is 0 Å². The largest absolute Gasteiger partial charge is 0.491 e. The van der Waals surface area contributed by atoms with E-state index < -0.39 is 6.10 Å². The van der Waals surface area contributed by atoms with Crippen molar-refractivity contribution in [3.63, 3.8) is 0 Å². The Labute approximate surface area is 170 Å². The van der Waals surface area contributed by atoms with E-state index in [0.717, 1.165) is 18.4 Å². The van der Waals surface area contributed by atoms with Crippen LogP contribution in [0.25, 0.3) is 0 Å². The zero-order chi connectivity index (χ0) is 21.0. The lowest BCUT2D eigenvalue weighted by Gasteiger charge is -2.23. The third-order valence-corrected chi connectivity index (χ3v) is 4.30. The van der Waals surface area contributed by atoms with Crippen LogP contribution >= 0.6 is 0 Å². The SMILES string of the molecule is C=CCc1cc(C(=O)NCCCCCC)ccc1OCC(O)CNC(C)(C)C. The van der Waals surface area contributed by atoms with Gasteiger partial charge in [0.15, 0.2) is 0 Å². The first-order valence-corrected chi connectivity index (χ1v) is 10.3. The molecule has 28 heavy (non-hydrogen) atoms. The summed E-state index contributed by atoms with van der Waals surface area (Å²) in [6.07, 6.45) is 6.29. The Morgan fingerprint density at radius 2 is 2.04 bits per heavy atom. The molecule has 0 bridgehead atoms. The van der Waals surface area contributed by atoms with Crippen LogP contribution in [0.2, 0.25) is 0 Å². The van der Waals surface area contributed by atoms with E-state index in [9.17, 15) is 9.90 Å². The maximum Gasteiger partial charge on any atom is 0.251 e. The van der Waals surface area contributed by atoms with Gasteiger partial charge in [0, 0.05) is 24.2 Å². The molecule has 158 valence electrons. The molecule has 0 fully saturated rings. The van der Waals surface area contributed by atoms with E-state index in [1.54, 1.807) is 18.2 Å². The second-order valence-electron chi connectivity index (χ2n) is 8.23. The van der Waals surface area contributed by atoms with Crippen molar-refractivity contribution in [2.45, 2.75) is 71.4 Å². The monoisotopic (exact) mass is 390 g/mol. The molecular weight excluding hydrogens is 352 g/mol. The van der Waals surface area contributed by atoms with Gasteiger partial charge in [-0.3, -0.25) is 4.79 Å². The third kappa shape index (κ3) is 9.90. The molecule has 5 heteroatoms. The number of nitrogens with one attached hydrogen (secondary N) is 2. The van der Waals surface area contributed by atoms with Gasteiger partial charge >= 0.3 is 0 Å². The lowest BCUT2D eigenvalue weighted by Crippen LogP contribution is -2.42. The molecule has 1 rings (SSSR count). The van der Waals surface area contributed by atoms with Gasteiger partial charge in [-0.1, -0.05) is 32.3 Å². The Hall–Kier alpha value is -1.85. The lowest BCUT2D eigenvalue weighted by molar-refractivity contribution is 0.0950. The molecule has 1 aromatic rings. The summed E-state index contributed by atoms with van der Waals surface area (Å²) in [6, 6.07) is 5.41. The summed E-state index contributed by atoms with van der Waals surface area (Å²) in [5, 5.41) is 16.4. The van der Waals surface area contributed by atoms with Crippen LogP contribution < -0.4 is 15.4 Å². The van der Waals surface area contributed by atoms with Crippen LogP contribution in [0.5, 0.6) is 5.75 Å². The molecule has 0 aromatic heterocycles. The summed E-state index contributed by atoms with van der Waals surface area (Å²) in [5.41, 5.74) is 1.46. The Kier molecular flexibility index (Phi) is 10.9. The number of aliphatic hydroxyl groups excluding tert-OH is 1. The Bertz CT molecular complexity index is 608. The van der Waals surface area contributed by atoms with Gasteiger partial charge in [0.05, 0.1) is 0 Å². The van der Waals surface area contributed by atoms with Gasteiger partial charge < -0.3 is 20.5 Å². The van der Waals surface area contributed by atoms with Crippen molar-refractivity contribution < 1.29 is 14.6 Å². The molecule has 5 nitrogen and oxygen atoms in total. The third-order valence-electron chi connectivity index (χ3n) is 4.30. The van der Waals surface area contributed by atoms with Gasteiger partial charge in [0.25, 0.3) is 5.91 Å². The van der Waals surface area contributed by atoms with E-state index >= 15 is 0 Å². The Morgan fingerprint density at radius 3 is 2.68 bits per heavy atom. The second kappa shape index (κ2) is 12.6. The van der Waals surface area contributed by atoms with Crippen molar-refractivity contribution in [2.75, 3.05) is 19.7 Å². The molecular formula is C23H38N2O3. The molecule has 0 aliphatic heterocycles. The summed E-state index contributed by atoms with van der Waals surface area (Å²) in [4.78, 5) is 12.4. The fourth-order valence-electron chi connectivity index (χ4n) is 2.70. The molecule has 0 spiro atoms. The van der Waals surface area contributed by atoms with Gasteiger partial charge in [-0.25, -0.2) is 0 Å². The smallest absolute Gasteiger partial charge is 0.251 e. The first-order chi connectivity index (χ1) is 13.3. The molecule has 3 N–H and O–H groups in total. The summed E-state index contributed by atoms with van der Waals surface area (Å²) < 4.78 is 5.81. The molecule has 0 heterocycles. The molecule has 0 saturated heterocycles. The number of allylic oxidation sites excluding steroid dienone is 1. The van der Waals surface area contributed by atoms with Gasteiger partial charge in [-0.05, 0) is 57.4 Å².